The third-order valence-electron chi connectivity index (χ3n) is 7.10. The highest BCUT2D eigenvalue weighted by molar-refractivity contribution is 7.15. The molecule has 11 nitrogen and oxygen atoms in total. The van der Waals surface area contributed by atoms with E-state index in [0.29, 0.717) is 37.4 Å². The largest absolute Gasteiger partial charge is 0.497 e. The number of anilines is 2. The number of thiophene rings is 1. The number of carbonyl (C=O) groups is 1. The van der Waals surface area contributed by atoms with Gasteiger partial charge in [-0.1, -0.05) is 22.6 Å². The minimum Gasteiger partial charge on any atom is -0.497 e. The lowest BCUT2D eigenvalue weighted by Crippen LogP contribution is -2.31. The van der Waals surface area contributed by atoms with Crippen LogP contribution in [-0.4, -0.2) is 69.3 Å². The van der Waals surface area contributed by atoms with E-state index in [1.807, 2.05) is 54.2 Å². The number of hydrogen-bond acceptors (Lipinski definition) is 10. The summed E-state index contributed by atoms with van der Waals surface area (Å²) in [4.78, 5) is 17.4. The molecule has 3 aromatic heterocycles. The monoisotopic (exact) mass is 588 g/mol. The summed E-state index contributed by atoms with van der Waals surface area (Å²) >= 11 is 1.53. The molecule has 42 heavy (non-hydrogen) atoms. The van der Waals surface area contributed by atoms with Gasteiger partial charge in [0.15, 0.2) is 12.5 Å². The fourth-order valence-electron chi connectivity index (χ4n) is 5.00. The van der Waals surface area contributed by atoms with E-state index >= 15 is 4.39 Å². The average molecular weight is 589 g/mol. The molecule has 13 heteroatoms. The number of rotatable bonds is 11. The number of benzene rings is 2. The predicted octanol–water partition coefficient (Wildman–Crippen LogP) is 3.86. The van der Waals surface area contributed by atoms with Crippen LogP contribution in [0.1, 0.15) is 10.4 Å². The highest BCUT2D eigenvalue weighted by Crippen LogP contribution is 2.34. The molecule has 1 saturated heterocycles. The molecule has 0 radical (unpaired) electrons. The van der Waals surface area contributed by atoms with Crippen molar-refractivity contribution < 1.29 is 18.7 Å². The third kappa shape index (κ3) is 5.87. The smallest absolute Gasteiger partial charge is 0.187 e. The lowest BCUT2D eigenvalue weighted by atomic mass is 10.1. The summed E-state index contributed by atoms with van der Waals surface area (Å²) < 4.78 is 30.0. The Morgan fingerprint density at radius 3 is 2.74 bits per heavy atom. The molecular weight excluding hydrogens is 559 g/mol. The van der Waals surface area contributed by atoms with Crippen LogP contribution in [0.2, 0.25) is 0 Å². The van der Waals surface area contributed by atoms with Gasteiger partial charge in [0.1, 0.15) is 17.4 Å². The third-order valence-corrected chi connectivity index (χ3v) is 8.21. The molecule has 0 aliphatic carbocycles. The first-order valence-electron chi connectivity index (χ1n) is 13.3. The number of aldehydes is 1. The first-order valence-corrected chi connectivity index (χ1v) is 14.1. The van der Waals surface area contributed by atoms with Gasteiger partial charge in [0, 0.05) is 40.8 Å². The zero-order valence-corrected chi connectivity index (χ0v) is 23.9. The quantitative estimate of drug-likeness (QED) is 0.213. The first kappa shape index (κ1) is 27.5. The SMILES string of the molecule is COc1ccc(Cn2nncc2N(C)Cc2ccc(-c3ccc(N4C[C@H](Cn5ccnn5)OC4C=O)cc3F)s2)cc1. The van der Waals surface area contributed by atoms with E-state index < -0.39 is 6.23 Å². The Hall–Kier alpha value is -4.62. The van der Waals surface area contributed by atoms with Gasteiger partial charge in [-0.15, -0.1) is 21.5 Å². The van der Waals surface area contributed by atoms with Crippen molar-refractivity contribution in [3.63, 3.8) is 0 Å². The summed E-state index contributed by atoms with van der Waals surface area (Å²) in [6.45, 7) is 2.07. The van der Waals surface area contributed by atoms with Crippen LogP contribution in [0.15, 0.2) is 73.2 Å². The van der Waals surface area contributed by atoms with Gasteiger partial charge in [0.2, 0.25) is 0 Å². The number of carbonyl (C=O) groups excluding carboxylic acids is 1. The number of nitrogens with zero attached hydrogens (tertiary/aromatic N) is 8. The lowest BCUT2D eigenvalue weighted by Gasteiger charge is -2.21. The summed E-state index contributed by atoms with van der Waals surface area (Å²) in [6.07, 6.45) is 4.72. The highest BCUT2D eigenvalue weighted by Gasteiger charge is 2.33. The Balaban J connectivity index is 1.12. The van der Waals surface area contributed by atoms with E-state index in [-0.39, 0.29) is 11.9 Å². The molecule has 0 N–H and O–H groups in total. The number of ether oxygens (including phenoxy) is 2. The van der Waals surface area contributed by atoms with Crippen molar-refractivity contribution in [1.82, 2.24) is 30.0 Å². The molecule has 0 spiro atoms. The number of hydrogen-bond donors (Lipinski definition) is 0. The average Bonchev–Trinajstić information content (AvgIpc) is 3.82. The van der Waals surface area contributed by atoms with Gasteiger partial charge in [0.05, 0.1) is 45.2 Å². The van der Waals surface area contributed by atoms with E-state index in [4.69, 9.17) is 9.47 Å². The van der Waals surface area contributed by atoms with Gasteiger partial charge in [-0.05, 0) is 48.0 Å². The number of halogens is 1. The molecule has 0 bridgehead atoms. The predicted molar refractivity (Wildman–Crippen MR) is 156 cm³/mol. The van der Waals surface area contributed by atoms with Crippen molar-refractivity contribution in [1.29, 1.82) is 0 Å². The van der Waals surface area contributed by atoms with E-state index in [9.17, 15) is 4.79 Å². The summed E-state index contributed by atoms with van der Waals surface area (Å²) in [7, 11) is 3.63. The van der Waals surface area contributed by atoms with Crippen LogP contribution >= 0.6 is 11.3 Å². The molecule has 1 unspecified atom stereocenters. The maximum atomic E-state index is 15.4. The number of methoxy groups -OCH3 is 1. The molecule has 4 heterocycles. The Morgan fingerprint density at radius 2 is 2.00 bits per heavy atom. The minimum atomic E-state index is -0.791. The van der Waals surface area contributed by atoms with Crippen LogP contribution in [0.4, 0.5) is 15.9 Å². The van der Waals surface area contributed by atoms with E-state index in [0.717, 1.165) is 33.2 Å². The summed E-state index contributed by atoms with van der Waals surface area (Å²) in [5.41, 5.74) is 2.17. The van der Waals surface area contributed by atoms with Crippen molar-refractivity contribution in [3.05, 3.63) is 89.4 Å². The molecular formula is C29H29FN8O3S. The summed E-state index contributed by atoms with van der Waals surface area (Å²) in [5.74, 6) is 1.31. The van der Waals surface area contributed by atoms with Crippen molar-refractivity contribution >= 4 is 29.1 Å². The van der Waals surface area contributed by atoms with Crippen molar-refractivity contribution in [2.45, 2.75) is 32.0 Å². The topological polar surface area (TPSA) is 103 Å². The molecule has 0 amide bonds. The fraction of sp³-hybridized carbons (Fsp3) is 0.276. The molecule has 5 aromatic rings. The van der Waals surface area contributed by atoms with E-state index in [1.165, 1.54) is 17.4 Å². The van der Waals surface area contributed by atoms with E-state index in [2.05, 4.69) is 25.5 Å². The van der Waals surface area contributed by atoms with Gasteiger partial charge in [0.25, 0.3) is 0 Å². The van der Waals surface area contributed by atoms with Crippen LogP contribution in [0.25, 0.3) is 10.4 Å². The van der Waals surface area contributed by atoms with Crippen molar-refractivity contribution in [3.8, 4) is 16.2 Å². The zero-order chi connectivity index (χ0) is 29.1. The van der Waals surface area contributed by atoms with Gasteiger partial charge >= 0.3 is 0 Å². The molecule has 2 atom stereocenters. The fourth-order valence-corrected chi connectivity index (χ4v) is 6.09. The van der Waals surface area contributed by atoms with Gasteiger partial charge in [-0.3, -0.25) is 4.79 Å². The van der Waals surface area contributed by atoms with Crippen LogP contribution in [0.5, 0.6) is 5.75 Å². The summed E-state index contributed by atoms with van der Waals surface area (Å²) in [6, 6.07) is 16.8. The second kappa shape index (κ2) is 12.1. The van der Waals surface area contributed by atoms with E-state index in [1.54, 1.807) is 41.3 Å². The molecule has 216 valence electrons. The molecule has 1 aliphatic rings. The molecule has 1 fully saturated rings. The Kier molecular flexibility index (Phi) is 7.93. The Morgan fingerprint density at radius 1 is 1.14 bits per heavy atom. The highest BCUT2D eigenvalue weighted by atomic mass is 32.1. The maximum absolute atomic E-state index is 15.4. The van der Waals surface area contributed by atoms with Crippen LogP contribution < -0.4 is 14.5 Å². The van der Waals surface area contributed by atoms with Gasteiger partial charge in [-0.2, -0.15) is 0 Å². The molecule has 2 aromatic carbocycles. The van der Waals surface area contributed by atoms with Crippen LogP contribution in [0.3, 0.4) is 0 Å². The minimum absolute atomic E-state index is 0.274. The second-order valence-electron chi connectivity index (χ2n) is 9.95. The second-order valence-corrected chi connectivity index (χ2v) is 11.1. The zero-order valence-electron chi connectivity index (χ0n) is 23.1. The first-order chi connectivity index (χ1) is 20.5. The lowest BCUT2D eigenvalue weighted by molar-refractivity contribution is -0.117. The molecule has 1 aliphatic heterocycles. The van der Waals surface area contributed by atoms with Crippen LogP contribution in [-0.2, 0) is 29.2 Å². The van der Waals surface area contributed by atoms with Gasteiger partial charge in [-0.25, -0.2) is 13.8 Å². The molecule has 0 saturated carbocycles. The standard InChI is InChI=1S/C29H29FN8O3S/c1-35(28-14-32-34-38(28)15-20-3-6-22(40-2)7-4-20)18-24-8-10-27(42-24)25-9-5-21(13-26(25)30)37-17-23(41-29(37)19-39)16-36-12-11-31-33-36/h3-14,19,23,29H,15-18H2,1-2H3/t23-,29?/m0/s1. The Bertz CT molecular complexity index is 1640. The van der Waals surface area contributed by atoms with Crippen molar-refractivity contribution in [2.24, 2.45) is 0 Å². The summed E-state index contributed by atoms with van der Waals surface area (Å²) in [5, 5.41) is 16.1. The molecule has 6 rings (SSSR count). The normalized spacial score (nSPS) is 16.6. The maximum Gasteiger partial charge on any atom is 0.187 e. The van der Waals surface area contributed by atoms with Gasteiger partial charge < -0.3 is 19.3 Å². The van der Waals surface area contributed by atoms with Crippen LogP contribution in [0, 0.1) is 5.82 Å². The Labute approximate surface area is 245 Å². The number of aromatic nitrogens is 6. The van der Waals surface area contributed by atoms with Crippen molar-refractivity contribution in [2.75, 3.05) is 30.5 Å².